The van der Waals surface area contributed by atoms with E-state index in [-0.39, 0.29) is 0 Å². The van der Waals surface area contributed by atoms with Crippen molar-refractivity contribution in [2.75, 3.05) is 0 Å². The van der Waals surface area contributed by atoms with Gasteiger partial charge in [-0.05, 0) is 22.5 Å². The predicted molar refractivity (Wildman–Crippen MR) is 60.8 cm³/mol. The lowest BCUT2D eigenvalue weighted by Crippen LogP contribution is -1.81. The Morgan fingerprint density at radius 3 is 2.31 bits per heavy atom. The zero-order valence-corrected chi connectivity index (χ0v) is 9.14. The highest BCUT2D eigenvalue weighted by atomic mass is 79.9. The van der Waals surface area contributed by atoms with Crippen LogP contribution in [0.4, 0.5) is 0 Å². The minimum Gasteiger partial charge on any atom is -0.0587 e. The van der Waals surface area contributed by atoms with Crippen LogP contribution in [-0.4, -0.2) is 0 Å². The number of benzene rings is 1. The fourth-order valence-corrected chi connectivity index (χ4v) is 1.89. The second kappa shape index (κ2) is 3.51. The predicted octanol–water partition coefficient (Wildman–Crippen LogP) is 4.06. The molecule has 0 aromatic heterocycles. The lowest BCUT2D eigenvalue weighted by molar-refractivity contribution is 1.39. The fraction of sp³-hybridized carbons (Fsp3) is 0.167. The zero-order chi connectivity index (χ0) is 9.26. The molecule has 0 nitrogen and oxygen atoms in total. The summed E-state index contributed by atoms with van der Waals surface area (Å²) in [6.07, 6.45) is 5.33. The van der Waals surface area contributed by atoms with Gasteiger partial charge in [-0.1, -0.05) is 57.9 Å². The van der Waals surface area contributed by atoms with E-state index >= 15 is 0 Å². The average molecular weight is 235 g/mol. The SMILES string of the molecule is Cc1ccc(C2=CC=C(Br)C2)cc1. The van der Waals surface area contributed by atoms with E-state index in [1.807, 2.05) is 0 Å². The van der Waals surface area contributed by atoms with Crippen molar-refractivity contribution in [1.82, 2.24) is 0 Å². The third-order valence-electron chi connectivity index (χ3n) is 2.25. The van der Waals surface area contributed by atoms with E-state index < -0.39 is 0 Å². The van der Waals surface area contributed by atoms with Crippen molar-refractivity contribution in [3.8, 4) is 0 Å². The topological polar surface area (TPSA) is 0 Å². The number of hydrogen-bond donors (Lipinski definition) is 0. The number of hydrogen-bond acceptors (Lipinski definition) is 0. The molecule has 2 rings (SSSR count). The van der Waals surface area contributed by atoms with Gasteiger partial charge in [-0.15, -0.1) is 0 Å². The Kier molecular flexibility index (Phi) is 2.36. The van der Waals surface area contributed by atoms with Gasteiger partial charge in [-0.2, -0.15) is 0 Å². The van der Waals surface area contributed by atoms with Gasteiger partial charge in [-0.25, -0.2) is 0 Å². The van der Waals surface area contributed by atoms with Crippen LogP contribution < -0.4 is 0 Å². The molecule has 1 aliphatic rings. The van der Waals surface area contributed by atoms with Crippen molar-refractivity contribution < 1.29 is 0 Å². The van der Waals surface area contributed by atoms with E-state index in [4.69, 9.17) is 0 Å². The average Bonchev–Trinajstić information content (AvgIpc) is 2.53. The molecule has 1 aliphatic carbocycles. The minimum absolute atomic E-state index is 1.03. The molecule has 13 heavy (non-hydrogen) atoms. The Morgan fingerprint density at radius 1 is 1.08 bits per heavy atom. The van der Waals surface area contributed by atoms with E-state index in [1.165, 1.54) is 21.2 Å². The first kappa shape index (κ1) is 8.76. The van der Waals surface area contributed by atoms with Crippen molar-refractivity contribution in [2.45, 2.75) is 13.3 Å². The maximum Gasteiger partial charge on any atom is 0.00466 e. The van der Waals surface area contributed by atoms with Gasteiger partial charge in [-0.3, -0.25) is 0 Å². The van der Waals surface area contributed by atoms with Gasteiger partial charge in [0.05, 0.1) is 0 Å². The van der Waals surface area contributed by atoms with Crippen molar-refractivity contribution >= 4 is 21.5 Å². The zero-order valence-electron chi connectivity index (χ0n) is 7.55. The van der Waals surface area contributed by atoms with Gasteiger partial charge in [0.15, 0.2) is 0 Å². The summed E-state index contributed by atoms with van der Waals surface area (Å²) in [5.74, 6) is 0. The summed E-state index contributed by atoms with van der Waals surface area (Å²) in [6.45, 7) is 2.11. The van der Waals surface area contributed by atoms with Crippen LogP contribution in [0, 0.1) is 6.92 Å². The van der Waals surface area contributed by atoms with Crippen LogP contribution in [-0.2, 0) is 0 Å². The fourth-order valence-electron chi connectivity index (χ4n) is 1.46. The first-order valence-electron chi connectivity index (χ1n) is 4.38. The summed E-state index contributed by atoms with van der Waals surface area (Å²) < 4.78 is 1.27. The van der Waals surface area contributed by atoms with E-state index in [0.29, 0.717) is 0 Å². The van der Waals surface area contributed by atoms with Gasteiger partial charge >= 0.3 is 0 Å². The monoisotopic (exact) mass is 234 g/mol. The first-order valence-corrected chi connectivity index (χ1v) is 5.17. The molecular weight excluding hydrogens is 224 g/mol. The van der Waals surface area contributed by atoms with Crippen LogP contribution in [0.2, 0.25) is 0 Å². The number of allylic oxidation sites excluding steroid dienone is 4. The first-order chi connectivity index (χ1) is 6.25. The molecule has 0 fully saturated rings. The Morgan fingerprint density at radius 2 is 1.77 bits per heavy atom. The van der Waals surface area contributed by atoms with Gasteiger partial charge in [0.2, 0.25) is 0 Å². The Balaban J connectivity index is 2.24. The molecule has 0 atom stereocenters. The highest BCUT2D eigenvalue weighted by Gasteiger charge is 2.07. The Labute approximate surface area is 87.1 Å². The molecule has 0 N–H and O–H groups in total. The molecule has 0 amide bonds. The minimum atomic E-state index is 1.03. The van der Waals surface area contributed by atoms with Crippen molar-refractivity contribution in [1.29, 1.82) is 0 Å². The number of rotatable bonds is 1. The summed E-state index contributed by atoms with van der Waals surface area (Å²) >= 11 is 3.50. The van der Waals surface area contributed by atoms with Crippen molar-refractivity contribution in [3.05, 3.63) is 52.0 Å². The molecule has 0 aliphatic heterocycles. The lowest BCUT2D eigenvalue weighted by atomic mass is 10.0. The molecule has 0 saturated carbocycles. The largest absolute Gasteiger partial charge is 0.0587 e. The van der Waals surface area contributed by atoms with Crippen LogP contribution in [0.3, 0.4) is 0 Å². The second-order valence-corrected chi connectivity index (χ2v) is 4.37. The molecule has 0 spiro atoms. The number of halogens is 1. The van der Waals surface area contributed by atoms with Crippen molar-refractivity contribution in [3.63, 3.8) is 0 Å². The van der Waals surface area contributed by atoms with Crippen LogP contribution in [0.25, 0.3) is 5.57 Å². The molecule has 0 radical (unpaired) electrons. The maximum absolute atomic E-state index is 3.50. The highest BCUT2D eigenvalue weighted by molar-refractivity contribution is 9.11. The molecular formula is C12H11Br. The summed E-state index contributed by atoms with van der Waals surface area (Å²) in [4.78, 5) is 0. The van der Waals surface area contributed by atoms with Gasteiger partial charge < -0.3 is 0 Å². The molecule has 0 unspecified atom stereocenters. The Bertz CT molecular complexity index is 369. The van der Waals surface area contributed by atoms with Crippen LogP contribution >= 0.6 is 15.9 Å². The molecule has 0 bridgehead atoms. The van der Waals surface area contributed by atoms with Gasteiger partial charge in [0.25, 0.3) is 0 Å². The van der Waals surface area contributed by atoms with Gasteiger partial charge in [0, 0.05) is 6.42 Å². The van der Waals surface area contributed by atoms with E-state index in [9.17, 15) is 0 Å². The molecule has 1 aromatic carbocycles. The normalized spacial score (nSPS) is 15.5. The van der Waals surface area contributed by atoms with E-state index in [2.05, 4.69) is 59.3 Å². The lowest BCUT2D eigenvalue weighted by Gasteiger charge is -2.02. The summed E-state index contributed by atoms with van der Waals surface area (Å²) in [6, 6.07) is 8.67. The third-order valence-corrected chi connectivity index (χ3v) is 2.79. The van der Waals surface area contributed by atoms with E-state index in [1.54, 1.807) is 0 Å². The molecule has 66 valence electrons. The molecule has 1 aromatic rings. The van der Waals surface area contributed by atoms with Crippen LogP contribution in [0.15, 0.2) is 40.9 Å². The molecule has 0 saturated heterocycles. The quantitative estimate of drug-likeness (QED) is 0.688. The third kappa shape index (κ3) is 1.92. The van der Waals surface area contributed by atoms with E-state index in [0.717, 1.165) is 6.42 Å². The summed E-state index contributed by atoms with van der Waals surface area (Å²) in [5.41, 5.74) is 4.04. The molecule has 0 heterocycles. The Hall–Kier alpha value is -0.820. The van der Waals surface area contributed by atoms with Crippen molar-refractivity contribution in [2.24, 2.45) is 0 Å². The van der Waals surface area contributed by atoms with Crippen LogP contribution in [0.5, 0.6) is 0 Å². The van der Waals surface area contributed by atoms with Crippen LogP contribution in [0.1, 0.15) is 17.5 Å². The number of aryl methyl sites for hydroxylation is 1. The molecule has 1 heteroatoms. The summed E-state index contributed by atoms with van der Waals surface area (Å²) in [5, 5.41) is 0. The smallest absolute Gasteiger partial charge is 0.00466 e. The second-order valence-electron chi connectivity index (χ2n) is 3.35. The standard InChI is InChI=1S/C12H11Br/c1-9-2-4-10(5-3-9)11-6-7-12(13)8-11/h2-7H,8H2,1H3. The maximum atomic E-state index is 3.50. The summed E-state index contributed by atoms with van der Waals surface area (Å²) in [7, 11) is 0. The van der Waals surface area contributed by atoms with Gasteiger partial charge in [0.1, 0.15) is 0 Å². The highest BCUT2D eigenvalue weighted by Crippen LogP contribution is 2.30.